The summed E-state index contributed by atoms with van der Waals surface area (Å²) in [6, 6.07) is 6.81. The number of halogens is 1. The Bertz CT molecular complexity index is 457. The van der Waals surface area contributed by atoms with E-state index in [1.54, 1.807) is 12.1 Å². The van der Waals surface area contributed by atoms with Crippen LogP contribution in [0.15, 0.2) is 24.3 Å². The third kappa shape index (κ3) is 4.79. The van der Waals surface area contributed by atoms with Crippen LogP contribution in [-0.2, 0) is 11.2 Å². The van der Waals surface area contributed by atoms with E-state index in [9.17, 15) is 9.18 Å². The Morgan fingerprint density at radius 1 is 1.33 bits per heavy atom. The Kier molecular flexibility index (Phi) is 5.70. The lowest BCUT2D eigenvalue weighted by molar-refractivity contribution is -0.133. The van der Waals surface area contributed by atoms with Gasteiger partial charge in [0.15, 0.2) is 0 Å². The number of piperazine rings is 1. The van der Waals surface area contributed by atoms with Gasteiger partial charge < -0.3 is 10.2 Å². The number of nitrogens with one attached hydrogen (secondary N) is 1. The van der Waals surface area contributed by atoms with Crippen molar-refractivity contribution in [3.8, 4) is 0 Å². The van der Waals surface area contributed by atoms with E-state index in [4.69, 9.17) is 0 Å². The maximum absolute atomic E-state index is 12.9. The molecule has 0 radical (unpaired) electrons. The lowest BCUT2D eigenvalue weighted by atomic mass is 10.1. The van der Waals surface area contributed by atoms with E-state index in [1.165, 1.54) is 12.1 Å². The molecular weight excluding hydrogens is 269 g/mol. The Morgan fingerprint density at radius 3 is 2.57 bits per heavy atom. The Morgan fingerprint density at radius 2 is 1.95 bits per heavy atom. The topological polar surface area (TPSA) is 35.6 Å². The molecule has 1 unspecified atom stereocenters. The van der Waals surface area contributed by atoms with Crippen molar-refractivity contribution in [2.45, 2.75) is 19.4 Å². The SMILES string of the molecule is CC(Cc1ccc(F)cc1)N(C)CC(=O)N1CCNCC1. The second kappa shape index (κ2) is 7.52. The molecule has 1 aromatic rings. The fourth-order valence-corrected chi connectivity index (χ4v) is 2.50. The number of benzene rings is 1. The van der Waals surface area contributed by atoms with Gasteiger partial charge >= 0.3 is 0 Å². The van der Waals surface area contributed by atoms with Gasteiger partial charge in [0.25, 0.3) is 0 Å². The second-order valence-corrected chi connectivity index (χ2v) is 5.73. The summed E-state index contributed by atoms with van der Waals surface area (Å²) < 4.78 is 12.9. The Labute approximate surface area is 125 Å². The molecule has 116 valence electrons. The zero-order chi connectivity index (χ0) is 15.2. The lowest BCUT2D eigenvalue weighted by Crippen LogP contribution is -2.50. The van der Waals surface area contributed by atoms with Gasteiger partial charge in [-0.25, -0.2) is 4.39 Å². The predicted octanol–water partition coefficient (Wildman–Crippen LogP) is 1.12. The summed E-state index contributed by atoms with van der Waals surface area (Å²) in [5.74, 6) is -0.0291. The molecule has 5 heteroatoms. The van der Waals surface area contributed by atoms with Crippen molar-refractivity contribution in [1.82, 2.24) is 15.1 Å². The quantitative estimate of drug-likeness (QED) is 0.884. The Hall–Kier alpha value is -1.46. The Balaban J connectivity index is 1.82. The fourth-order valence-electron chi connectivity index (χ4n) is 2.50. The molecule has 1 heterocycles. The van der Waals surface area contributed by atoms with Gasteiger partial charge in [-0.1, -0.05) is 12.1 Å². The molecule has 1 saturated heterocycles. The molecule has 0 saturated carbocycles. The monoisotopic (exact) mass is 293 g/mol. The molecule has 4 nitrogen and oxygen atoms in total. The first-order chi connectivity index (χ1) is 10.1. The van der Waals surface area contributed by atoms with Gasteiger partial charge in [-0.15, -0.1) is 0 Å². The molecule has 0 aliphatic carbocycles. The third-order valence-corrected chi connectivity index (χ3v) is 4.05. The van der Waals surface area contributed by atoms with Crippen molar-refractivity contribution in [2.75, 3.05) is 39.8 Å². The van der Waals surface area contributed by atoms with Crippen LogP contribution in [-0.4, -0.2) is 61.5 Å². The molecule has 1 atom stereocenters. The average molecular weight is 293 g/mol. The number of nitrogens with zero attached hydrogens (tertiary/aromatic N) is 2. The largest absolute Gasteiger partial charge is 0.339 e. The summed E-state index contributed by atoms with van der Waals surface area (Å²) in [6.45, 7) is 5.86. The summed E-state index contributed by atoms with van der Waals surface area (Å²) in [5, 5.41) is 3.24. The minimum Gasteiger partial charge on any atom is -0.339 e. The van der Waals surface area contributed by atoms with Crippen LogP contribution in [0.2, 0.25) is 0 Å². The van der Waals surface area contributed by atoms with Crippen LogP contribution < -0.4 is 5.32 Å². The van der Waals surface area contributed by atoms with Gasteiger partial charge in [-0.3, -0.25) is 9.69 Å². The van der Waals surface area contributed by atoms with Crippen molar-refractivity contribution in [2.24, 2.45) is 0 Å². The highest BCUT2D eigenvalue weighted by molar-refractivity contribution is 5.78. The summed E-state index contributed by atoms with van der Waals surface area (Å²) in [4.78, 5) is 16.2. The van der Waals surface area contributed by atoms with Gasteiger partial charge in [-0.2, -0.15) is 0 Å². The van der Waals surface area contributed by atoms with E-state index in [2.05, 4.69) is 17.1 Å². The van der Waals surface area contributed by atoms with Crippen LogP contribution in [0.4, 0.5) is 4.39 Å². The molecule has 1 amide bonds. The summed E-state index contributed by atoms with van der Waals surface area (Å²) in [6.07, 6.45) is 0.811. The average Bonchev–Trinajstić information content (AvgIpc) is 2.50. The molecule has 21 heavy (non-hydrogen) atoms. The van der Waals surface area contributed by atoms with E-state index in [-0.39, 0.29) is 17.8 Å². The first-order valence-electron chi connectivity index (χ1n) is 7.49. The molecule has 1 aromatic carbocycles. The lowest BCUT2D eigenvalue weighted by Gasteiger charge is -2.31. The highest BCUT2D eigenvalue weighted by Crippen LogP contribution is 2.09. The van der Waals surface area contributed by atoms with E-state index < -0.39 is 0 Å². The standard InChI is InChI=1S/C16H24FN3O/c1-13(11-14-3-5-15(17)6-4-14)19(2)12-16(21)20-9-7-18-8-10-20/h3-6,13,18H,7-12H2,1-2H3. The van der Waals surface area contributed by atoms with Crippen LogP contribution in [0.3, 0.4) is 0 Å². The maximum Gasteiger partial charge on any atom is 0.236 e. The molecule has 1 aliphatic heterocycles. The van der Waals surface area contributed by atoms with Crippen LogP contribution in [0.5, 0.6) is 0 Å². The van der Waals surface area contributed by atoms with E-state index in [1.807, 2.05) is 11.9 Å². The molecule has 1 fully saturated rings. The van der Waals surface area contributed by atoms with E-state index >= 15 is 0 Å². The van der Waals surface area contributed by atoms with Crippen molar-refractivity contribution in [3.63, 3.8) is 0 Å². The third-order valence-electron chi connectivity index (χ3n) is 4.05. The normalized spacial score (nSPS) is 17.0. The van der Waals surface area contributed by atoms with E-state index in [0.717, 1.165) is 38.2 Å². The number of carbonyl (C=O) groups excluding carboxylic acids is 1. The van der Waals surface area contributed by atoms with Crippen molar-refractivity contribution < 1.29 is 9.18 Å². The molecule has 0 spiro atoms. The summed E-state index contributed by atoms with van der Waals surface area (Å²) in [7, 11) is 1.97. The molecule has 1 aliphatic rings. The van der Waals surface area contributed by atoms with Crippen molar-refractivity contribution >= 4 is 5.91 Å². The molecule has 2 rings (SSSR count). The van der Waals surface area contributed by atoms with E-state index in [0.29, 0.717) is 6.54 Å². The van der Waals surface area contributed by atoms with Gasteiger partial charge in [0.2, 0.25) is 5.91 Å². The van der Waals surface area contributed by atoms with Crippen LogP contribution in [0.1, 0.15) is 12.5 Å². The van der Waals surface area contributed by atoms with Gasteiger partial charge in [0, 0.05) is 32.2 Å². The number of amides is 1. The van der Waals surface area contributed by atoms with Gasteiger partial charge in [0.05, 0.1) is 6.54 Å². The maximum atomic E-state index is 12.9. The van der Waals surface area contributed by atoms with Crippen LogP contribution >= 0.6 is 0 Å². The molecule has 0 aromatic heterocycles. The minimum atomic E-state index is -0.214. The zero-order valence-corrected chi connectivity index (χ0v) is 12.8. The van der Waals surface area contributed by atoms with Crippen LogP contribution in [0.25, 0.3) is 0 Å². The molecule has 1 N–H and O–H groups in total. The number of hydrogen-bond donors (Lipinski definition) is 1. The molecule has 0 bridgehead atoms. The molecular formula is C16H24FN3O. The second-order valence-electron chi connectivity index (χ2n) is 5.73. The zero-order valence-electron chi connectivity index (χ0n) is 12.8. The number of carbonyl (C=O) groups is 1. The number of rotatable bonds is 5. The first-order valence-corrected chi connectivity index (χ1v) is 7.49. The predicted molar refractivity (Wildman–Crippen MR) is 81.6 cm³/mol. The first kappa shape index (κ1) is 15.9. The summed E-state index contributed by atoms with van der Waals surface area (Å²) >= 11 is 0. The highest BCUT2D eigenvalue weighted by Gasteiger charge is 2.19. The number of hydrogen-bond acceptors (Lipinski definition) is 3. The fraction of sp³-hybridized carbons (Fsp3) is 0.562. The van der Waals surface area contributed by atoms with Gasteiger partial charge in [0.1, 0.15) is 5.82 Å². The van der Waals surface area contributed by atoms with Crippen molar-refractivity contribution in [1.29, 1.82) is 0 Å². The highest BCUT2D eigenvalue weighted by atomic mass is 19.1. The summed E-state index contributed by atoms with van der Waals surface area (Å²) in [5.41, 5.74) is 1.09. The number of likely N-dealkylation sites (N-methyl/N-ethyl adjacent to an activating group) is 1. The van der Waals surface area contributed by atoms with Crippen molar-refractivity contribution in [3.05, 3.63) is 35.6 Å². The minimum absolute atomic E-state index is 0.185. The smallest absolute Gasteiger partial charge is 0.236 e. The van der Waals surface area contributed by atoms with Crippen LogP contribution in [0, 0.1) is 5.82 Å². The van der Waals surface area contributed by atoms with Gasteiger partial charge in [-0.05, 0) is 38.1 Å².